The number of halogens is 2. The van der Waals surface area contributed by atoms with E-state index in [2.05, 4.69) is 34.1 Å². The van der Waals surface area contributed by atoms with Gasteiger partial charge in [-0.15, -0.1) is 11.6 Å². The molecule has 1 unspecified atom stereocenters. The van der Waals surface area contributed by atoms with Crippen molar-refractivity contribution in [2.45, 2.75) is 12.8 Å². The molecule has 1 atom stereocenters. The summed E-state index contributed by atoms with van der Waals surface area (Å²) in [5.74, 6) is 0.680. The predicted octanol–water partition coefficient (Wildman–Crippen LogP) is 3.64. The van der Waals surface area contributed by atoms with E-state index in [9.17, 15) is 0 Å². The molecule has 3 heteroatoms. The molecule has 1 saturated heterocycles. The first kappa shape index (κ1) is 11.4. The van der Waals surface area contributed by atoms with Crippen LogP contribution in [0.3, 0.4) is 0 Å². The molecule has 15 heavy (non-hydrogen) atoms. The van der Waals surface area contributed by atoms with Crippen molar-refractivity contribution in [1.82, 2.24) is 0 Å². The van der Waals surface area contributed by atoms with Gasteiger partial charge in [-0.3, -0.25) is 0 Å². The van der Waals surface area contributed by atoms with E-state index in [4.69, 9.17) is 16.3 Å². The van der Waals surface area contributed by atoms with Crippen LogP contribution in [-0.4, -0.2) is 19.1 Å². The molecule has 82 valence electrons. The summed E-state index contributed by atoms with van der Waals surface area (Å²) in [6.07, 6.45) is 2.08. The second-order valence-electron chi connectivity index (χ2n) is 4.24. The first-order chi connectivity index (χ1) is 7.24. The summed E-state index contributed by atoms with van der Waals surface area (Å²) in [6, 6.07) is 8.42. The Hall–Kier alpha value is -0.0500. The van der Waals surface area contributed by atoms with Crippen LogP contribution >= 0.6 is 27.5 Å². The highest BCUT2D eigenvalue weighted by Gasteiger charge is 2.34. The Kier molecular flexibility index (Phi) is 3.70. The predicted molar refractivity (Wildman–Crippen MR) is 66.4 cm³/mol. The molecule has 1 aromatic carbocycles. The lowest BCUT2D eigenvalue weighted by Gasteiger charge is -2.24. The molecule has 0 aliphatic carbocycles. The van der Waals surface area contributed by atoms with E-state index in [1.54, 1.807) is 0 Å². The quantitative estimate of drug-likeness (QED) is 0.772. The highest BCUT2D eigenvalue weighted by atomic mass is 79.9. The maximum absolute atomic E-state index is 6.06. The molecule has 0 aromatic heterocycles. The van der Waals surface area contributed by atoms with Crippen LogP contribution in [0.25, 0.3) is 0 Å². The normalized spacial score (nSPS) is 25.7. The Morgan fingerprint density at radius 1 is 1.47 bits per heavy atom. The number of hydrogen-bond acceptors (Lipinski definition) is 1. The Bertz CT molecular complexity index is 334. The molecule has 0 radical (unpaired) electrons. The first-order valence-electron chi connectivity index (χ1n) is 5.12. The fraction of sp³-hybridized carbons (Fsp3) is 0.500. The van der Waals surface area contributed by atoms with Gasteiger partial charge < -0.3 is 4.74 Å². The Balaban J connectivity index is 2.12. The average Bonchev–Trinajstić information content (AvgIpc) is 2.67. The van der Waals surface area contributed by atoms with Gasteiger partial charge in [-0.05, 0) is 30.5 Å². The summed E-state index contributed by atoms with van der Waals surface area (Å²) in [4.78, 5) is 0. The summed E-state index contributed by atoms with van der Waals surface area (Å²) in [7, 11) is 0. The molecule has 0 spiro atoms. The van der Waals surface area contributed by atoms with Crippen LogP contribution in [-0.2, 0) is 11.2 Å². The Morgan fingerprint density at radius 3 is 2.93 bits per heavy atom. The lowest BCUT2D eigenvalue weighted by Crippen LogP contribution is -2.26. The minimum absolute atomic E-state index is 0.155. The lowest BCUT2D eigenvalue weighted by atomic mass is 9.83. The van der Waals surface area contributed by atoms with Crippen LogP contribution in [0.4, 0.5) is 0 Å². The molecule has 0 amide bonds. The molecule has 2 rings (SSSR count). The van der Waals surface area contributed by atoms with E-state index >= 15 is 0 Å². The van der Waals surface area contributed by atoms with Gasteiger partial charge in [0.2, 0.25) is 0 Å². The van der Waals surface area contributed by atoms with Gasteiger partial charge in [0.1, 0.15) is 0 Å². The molecular weight excluding hydrogens is 275 g/mol. The van der Waals surface area contributed by atoms with E-state index in [0.717, 1.165) is 30.5 Å². The minimum Gasteiger partial charge on any atom is -0.381 e. The zero-order chi connectivity index (χ0) is 10.7. The number of hydrogen-bond donors (Lipinski definition) is 0. The van der Waals surface area contributed by atoms with Crippen LogP contribution in [0.1, 0.15) is 12.0 Å². The molecule has 1 heterocycles. The van der Waals surface area contributed by atoms with E-state index in [1.807, 2.05) is 6.07 Å². The SMILES string of the molecule is ClCC1(Cc2cccc(Br)c2)CCOC1. The van der Waals surface area contributed by atoms with Crippen LogP contribution < -0.4 is 0 Å². The largest absolute Gasteiger partial charge is 0.381 e. The lowest BCUT2D eigenvalue weighted by molar-refractivity contribution is 0.161. The molecule has 0 bridgehead atoms. The second kappa shape index (κ2) is 4.86. The summed E-state index contributed by atoms with van der Waals surface area (Å²) >= 11 is 9.55. The molecule has 1 fully saturated rings. The van der Waals surface area contributed by atoms with E-state index in [-0.39, 0.29) is 5.41 Å². The van der Waals surface area contributed by atoms with E-state index in [1.165, 1.54) is 5.56 Å². The van der Waals surface area contributed by atoms with Crippen molar-refractivity contribution in [1.29, 1.82) is 0 Å². The van der Waals surface area contributed by atoms with Crippen molar-refractivity contribution in [3.8, 4) is 0 Å². The van der Waals surface area contributed by atoms with Crippen molar-refractivity contribution >= 4 is 27.5 Å². The summed E-state index contributed by atoms with van der Waals surface area (Å²) < 4.78 is 6.59. The highest BCUT2D eigenvalue weighted by Crippen LogP contribution is 2.34. The highest BCUT2D eigenvalue weighted by molar-refractivity contribution is 9.10. The van der Waals surface area contributed by atoms with Gasteiger partial charge in [0.15, 0.2) is 0 Å². The van der Waals surface area contributed by atoms with Crippen molar-refractivity contribution in [3.63, 3.8) is 0 Å². The van der Waals surface area contributed by atoms with Gasteiger partial charge in [0.05, 0.1) is 6.61 Å². The number of alkyl halides is 1. The van der Waals surface area contributed by atoms with Gasteiger partial charge >= 0.3 is 0 Å². The van der Waals surface area contributed by atoms with Gasteiger partial charge in [-0.1, -0.05) is 28.1 Å². The van der Waals surface area contributed by atoms with Gasteiger partial charge in [-0.2, -0.15) is 0 Å². The minimum atomic E-state index is 0.155. The zero-order valence-electron chi connectivity index (χ0n) is 8.51. The summed E-state index contributed by atoms with van der Waals surface area (Å²) in [5.41, 5.74) is 1.48. The van der Waals surface area contributed by atoms with Crippen LogP contribution in [0, 0.1) is 5.41 Å². The van der Waals surface area contributed by atoms with Crippen molar-refractivity contribution in [2.75, 3.05) is 19.1 Å². The van der Waals surface area contributed by atoms with E-state index < -0.39 is 0 Å². The molecule has 1 aromatic rings. The summed E-state index contributed by atoms with van der Waals surface area (Å²) in [6.45, 7) is 1.64. The van der Waals surface area contributed by atoms with Crippen LogP contribution in [0.2, 0.25) is 0 Å². The third-order valence-electron chi connectivity index (χ3n) is 2.94. The third-order valence-corrected chi connectivity index (χ3v) is 4.00. The van der Waals surface area contributed by atoms with Crippen molar-refractivity contribution in [2.24, 2.45) is 5.41 Å². The molecule has 1 aliphatic rings. The molecule has 1 nitrogen and oxygen atoms in total. The number of benzene rings is 1. The van der Waals surface area contributed by atoms with Gasteiger partial charge in [0, 0.05) is 22.4 Å². The van der Waals surface area contributed by atoms with Crippen molar-refractivity contribution < 1.29 is 4.74 Å². The fourth-order valence-electron chi connectivity index (χ4n) is 2.02. The fourth-order valence-corrected chi connectivity index (χ4v) is 2.77. The summed E-state index contributed by atoms with van der Waals surface area (Å²) in [5, 5.41) is 0. The smallest absolute Gasteiger partial charge is 0.0537 e. The standard InChI is InChI=1S/C12H14BrClO/c13-11-3-1-2-10(6-11)7-12(8-14)4-5-15-9-12/h1-3,6H,4-5,7-9H2. The second-order valence-corrected chi connectivity index (χ2v) is 5.43. The topological polar surface area (TPSA) is 9.23 Å². The Morgan fingerprint density at radius 2 is 2.33 bits per heavy atom. The molecule has 1 aliphatic heterocycles. The zero-order valence-corrected chi connectivity index (χ0v) is 10.9. The van der Waals surface area contributed by atoms with Crippen LogP contribution in [0.5, 0.6) is 0 Å². The molecule has 0 N–H and O–H groups in total. The maximum Gasteiger partial charge on any atom is 0.0537 e. The average molecular weight is 290 g/mol. The third kappa shape index (κ3) is 2.74. The number of rotatable bonds is 3. The van der Waals surface area contributed by atoms with Gasteiger partial charge in [0.25, 0.3) is 0 Å². The molecule has 0 saturated carbocycles. The van der Waals surface area contributed by atoms with Gasteiger partial charge in [-0.25, -0.2) is 0 Å². The molecular formula is C12H14BrClO. The first-order valence-corrected chi connectivity index (χ1v) is 6.45. The monoisotopic (exact) mass is 288 g/mol. The maximum atomic E-state index is 6.06. The van der Waals surface area contributed by atoms with Crippen molar-refractivity contribution in [3.05, 3.63) is 34.3 Å². The Labute approximate surface area is 104 Å². The number of ether oxygens (including phenoxy) is 1. The van der Waals surface area contributed by atoms with Crippen LogP contribution in [0.15, 0.2) is 28.7 Å². The van der Waals surface area contributed by atoms with E-state index in [0.29, 0.717) is 5.88 Å².